The summed E-state index contributed by atoms with van der Waals surface area (Å²) in [5.41, 5.74) is 7.47. The van der Waals surface area contributed by atoms with Gasteiger partial charge in [0.15, 0.2) is 5.78 Å². The van der Waals surface area contributed by atoms with Crippen molar-refractivity contribution in [3.63, 3.8) is 0 Å². The van der Waals surface area contributed by atoms with Crippen LogP contribution in [0.3, 0.4) is 0 Å². The molecule has 2 N–H and O–H groups in total. The van der Waals surface area contributed by atoms with Gasteiger partial charge in [-0.05, 0) is 36.4 Å². The van der Waals surface area contributed by atoms with Crippen molar-refractivity contribution in [2.45, 2.75) is 0 Å². The molecule has 1 heterocycles. The molecule has 1 aromatic heterocycles. The number of hydrogen-bond acceptors (Lipinski definition) is 3. The number of anilines is 1. The average Bonchev–Trinajstić information content (AvgIpc) is 2.30. The van der Waals surface area contributed by atoms with Crippen LogP contribution < -0.4 is 5.73 Å². The van der Waals surface area contributed by atoms with Gasteiger partial charge in [-0.2, -0.15) is 0 Å². The number of halogens is 1. The lowest BCUT2D eigenvalue weighted by molar-refractivity contribution is 0.103. The maximum Gasteiger partial charge on any atom is 0.193 e. The third kappa shape index (κ3) is 2.58. The maximum absolute atomic E-state index is 11.9. The summed E-state index contributed by atoms with van der Waals surface area (Å²) in [6.45, 7) is 0. The molecule has 0 saturated carbocycles. The zero-order valence-electron chi connectivity index (χ0n) is 8.46. The molecular formula is C12H11ClN2O. The summed E-state index contributed by atoms with van der Waals surface area (Å²) in [5, 5.41) is 0. The highest BCUT2D eigenvalue weighted by molar-refractivity contribution is 6.08. The van der Waals surface area contributed by atoms with Crippen molar-refractivity contribution in [3.8, 4) is 0 Å². The van der Waals surface area contributed by atoms with Gasteiger partial charge in [-0.1, -0.05) is 0 Å². The number of carbonyl (C=O) groups excluding carboxylic acids is 1. The third-order valence-electron chi connectivity index (χ3n) is 2.12. The first-order chi connectivity index (χ1) is 7.27. The molecule has 3 nitrogen and oxygen atoms in total. The number of pyridine rings is 1. The van der Waals surface area contributed by atoms with Crippen LogP contribution in [-0.4, -0.2) is 10.8 Å². The Bertz CT molecular complexity index is 468. The molecule has 4 heteroatoms. The van der Waals surface area contributed by atoms with Crippen molar-refractivity contribution in [2.75, 3.05) is 5.73 Å². The SMILES string of the molecule is Cl.Nc1ccc(C(=O)c2ccncc2)cc1. The van der Waals surface area contributed by atoms with E-state index in [-0.39, 0.29) is 18.2 Å². The first-order valence-electron chi connectivity index (χ1n) is 4.57. The monoisotopic (exact) mass is 234 g/mol. The Labute approximate surface area is 99.7 Å². The topological polar surface area (TPSA) is 56.0 Å². The van der Waals surface area contributed by atoms with E-state index in [0.29, 0.717) is 16.8 Å². The van der Waals surface area contributed by atoms with Crippen LogP contribution in [0.2, 0.25) is 0 Å². The molecule has 0 aliphatic rings. The van der Waals surface area contributed by atoms with Gasteiger partial charge in [0.25, 0.3) is 0 Å². The highest BCUT2D eigenvalue weighted by atomic mass is 35.5. The lowest BCUT2D eigenvalue weighted by Crippen LogP contribution is -2.01. The van der Waals surface area contributed by atoms with Crippen LogP contribution >= 0.6 is 12.4 Å². The molecule has 0 atom stereocenters. The number of nitrogen functional groups attached to an aromatic ring is 1. The summed E-state index contributed by atoms with van der Waals surface area (Å²) in [6.07, 6.45) is 3.20. The summed E-state index contributed by atoms with van der Waals surface area (Å²) in [4.78, 5) is 15.8. The molecule has 0 unspecified atom stereocenters. The van der Waals surface area contributed by atoms with Gasteiger partial charge in [-0.15, -0.1) is 12.4 Å². The summed E-state index contributed by atoms with van der Waals surface area (Å²) in [5.74, 6) is -0.0163. The Hall–Kier alpha value is -1.87. The zero-order valence-corrected chi connectivity index (χ0v) is 9.28. The van der Waals surface area contributed by atoms with Crippen LogP contribution in [0.1, 0.15) is 15.9 Å². The second-order valence-corrected chi connectivity index (χ2v) is 3.19. The molecule has 0 bridgehead atoms. The summed E-state index contributed by atoms with van der Waals surface area (Å²) < 4.78 is 0. The molecule has 0 fully saturated rings. The molecular weight excluding hydrogens is 224 g/mol. The number of rotatable bonds is 2. The summed E-state index contributed by atoms with van der Waals surface area (Å²) >= 11 is 0. The Kier molecular flexibility index (Phi) is 4.03. The Morgan fingerprint density at radius 2 is 1.44 bits per heavy atom. The normalized spacial score (nSPS) is 9.25. The third-order valence-corrected chi connectivity index (χ3v) is 2.12. The average molecular weight is 235 g/mol. The van der Waals surface area contributed by atoms with E-state index in [4.69, 9.17) is 5.73 Å². The van der Waals surface area contributed by atoms with Crippen molar-refractivity contribution in [1.29, 1.82) is 0 Å². The first-order valence-corrected chi connectivity index (χ1v) is 4.57. The lowest BCUT2D eigenvalue weighted by atomic mass is 10.0. The summed E-state index contributed by atoms with van der Waals surface area (Å²) in [7, 11) is 0. The van der Waals surface area contributed by atoms with Crippen LogP contribution in [0, 0.1) is 0 Å². The van der Waals surface area contributed by atoms with E-state index in [1.807, 2.05) is 0 Å². The molecule has 2 aromatic rings. The standard InChI is InChI=1S/C12H10N2O.ClH/c13-11-3-1-9(2-4-11)12(15)10-5-7-14-8-6-10;/h1-8H,13H2;1H. The smallest absolute Gasteiger partial charge is 0.193 e. The van der Waals surface area contributed by atoms with Crippen LogP contribution in [0.4, 0.5) is 5.69 Å². The molecule has 82 valence electrons. The minimum atomic E-state index is -0.0163. The van der Waals surface area contributed by atoms with Gasteiger partial charge in [0, 0.05) is 29.2 Å². The van der Waals surface area contributed by atoms with Gasteiger partial charge >= 0.3 is 0 Å². The van der Waals surface area contributed by atoms with Crippen molar-refractivity contribution < 1.29 is 4.79 Å². The van der Waals surface area contributed by atoms with Gasteiger partial charge in [-0.3, -0.25) is 9.78 Å². The van der Waals surface area contributed by atoms with Crippen molar-refractivity contribution >= 4 is 23.9 Å². The van der Waals surface area contributed by atoms with Crippen LogP contribution in [0.5, 0.6) is 0 Å². The van der Waals surface area contributed by atoms with E-state index in [1.54, 1.807) is 48.8 Å². The van der Waals surface area contributed by atoms with Crippen molar-refractivity contribution in [1.82, 2.24) is 4.98 Å². The molecule has 0 radical (unpaired) electrons. The van der Waals surface area contributed by atoms with Crippen LogP contribution in [0.25, 0.3) is 0 Å². The minimum Gasteiger partial charge on any atom is -0.399 e. The summed E-state index contributed by atoms with van der Waals surface area (Å²) in [6, 6.07) is 10.3. The van der Waals surface area contributed by atoms with E-state index in [2.05, 4.69) is 4.98 Å². The molecule has 0 aliphatic heterocycles. The van der Waals surface area contributed by atoms with Gasteiger partial charge in [0.05, 0.1) is 0 Å². The number of aromatic nitrogens is 1. The fourth-order valence-corrected chi connectivity index (χ4v) is 1.30. The van der Waals surface area contributed by atoms with E-state index in [0.717, 1.165) is 0 Å². The quantitative estimate of drug-likeness (QED) is 0.641. The van der Waals surface area contributed by atoms with Gasteiger partial charge in [0.2, 0.25) is 0 Å². The number of nitrogens with two attached hydrogens (primary N) is 1. The maximum atomic E-state index is 11.9. The lowest BCUT2D eigenvalue weighted by Gasteiger charge is -2.00. The van der Waals surface area contributed by atoms with E-state index in [9.17, 15) is 4.79 Å². The molecule has 0 spiro atoms. The number of benzene rings is 1. The molecule has 2 rings (SSSR count). The molecule has 0 saturated heterocycles. The predicted molar refractivity (Wildman–Crippen MR) is 65.8 cm³/mol. The zero-order chi connectivity index (χ0) is 10.7. The highest BCUT2D eigenvalue weighted by Gasteiger charge is 2.07. The van der Waals surface area contributed by atoms with Crippen molar-refractivity contribution in [3.05, 3.63) is 59.9 Å². The highest BCUT2D eigenvalue weighted by Crippen LogP contribution is 2.10. The first kappa shape index (κ1) is 12.2. The largest absolute Gasteiger partial charge is 0.399 e. The van der Waals surface area contributed by atoms with Crippen molar-refractivity contribution in [2.24, 2.45) is 0 Å². The van der Waals surface area contributed by atoms with E-state index in [1.165, 1.54) is 0 Å². The second-order valence-electron chi connectivity index (χ2n) is 3.19. The van der Waals surface area contributed by atoms with E-state index >= 15 is 0 Å². The molecule has 16 heavy (non-hydrogen) atoms. The second kappa shape index (κ2) is 5.28. The number of nitrogens with zero attached hydrogens (tertiary/aromatic N) is 1. The fourth-order valence-electron chi connectivity index (χ4n) is 1.30. The Morgan fingerprint density at radius 1 is 0.938 bits per heavy atom. The van der Waals surface area contributed by atoms with Gasteiger partial charge in [0.1, 0.15) is 0 Å². The number of ketones is 1. The fraction of sp³-hybridized carbons (Fsp3) is 0. The molecule has 0 amide bonds. The predicted octanol–water partition coefficient (Wildman–Crippen LogP) is 2.32. The number of carbonyl (C=O) groups is 1. The number of hydrogen-bond donors (Lipinski definition) is 1. The molecule has 0 aliphatic carbocycles. The van der Waals surface area contributed by atoms with Gasteiger partial charge in [-0.25, -0.2) is 0 Å². The van der Waals surface area contributed by atoms with Crippen LogP contribution in [0.15, 0.2) is 48.8 Å². The van der Waals surface area contributed by atoms with E-state index < -0.39 is 0 Å². The Balaban J connectivity index is 0.00000128. The Morgan fingerprint density at radius 3 is 2.00 bits per heavy atom. The molecule has 1 aromatic carbocycles. The minimum absolute atomic E-state index is 0. The van der Waals surface area contributed by atoms with Crippen LogP contribution in [-0.2, 0) is 0 Å². The van der Waals surface area contributed by atoms with Gasteiger partial charge < -0.3 is 5.73 Å².